The molecule has 0 heterocycles. The molecule has 0 aromatic heterocycles. The normalized spacial score (nSPS) is 11.3. The Balaban J connectivity index is 1.89. The van der Waals surface area contributed by atoms with Gasteiger partial charge in [0.2, 0.25) is 11.8 Å². The summed E-state index contributed by atoms with van der Waals surface area (Å²) in [6, 6.07) is 17.5. The second-order valence-electron chi connectivity index (χ2n) is 5.47. The SMILES string of the molecule is N#Cc1ccccc1C[C@H](NC(=O)COCc1ccccc1)C(N)=O. The highest BCUT2D eigenvalue weighted by Gasteiger charge is 2.20. The zero-order chi connectivity index (χ0) is 18.1. The van der Waals surface area contributed by atoms with Crippen LogP contribution in [0.15, 0.2) is 54.6 Å². The quantitative estimate of drug-likeness (QED) is 0.757. The van der Waals surface area contributed by atoms with Crippen molar-refractivity contribution in [1.82, 2.24) is 5.32 Å². The summed E-state index contributed by atoms with van der Waals surface area (Å²) in [6.45, 7) is 0.116. The molecule has 0 saturated carbocycles. The first-order valence-corrected chi connectivity index (χ1v) is 7.78. The molecule has 0 fully saturated rings. The van der Waals surface area contributed by atoms with Crippen molar-refractivity contribution in [3.8, 4) is 6.07 Å². The molecule has 128 valence electrons. The van der Waals surface area contributed by atoms with E-state index in [0.717, 1.165) is 5.56 Å². The molecule has 3 N–H and O–H groups in total. The topological polar surface area (TPSA) is 105 Å². The summed E-state index contributed by atoms with van der Waals surface area (Å²) in [6.07, 6.45) is 0.156. The molecule has 2 aromatic rings. The van der Waals surface area contributed by atoms with Crippen molar-refractivity contribution in [2.45, 2.75) is 19.1 Å². The fourth-order valence-corrected chi connectivity index (χ4v) is 2.32. The van der Waals surface area contributed by atoms with Crippen LogP contribution in [0, 0.1) is 11.3 Å². The number of ether oxygens (including phenoxy) is 1. The second-order valence-corrected chi connectivity index (χ2v) is 5.47. The summed E-state index contributed by atoms with van der Waals surface area (Å²) in [5.41, 5.74) is 7.42. The highest BCUT2D eigenvalue weighted by atomic mass is 16.5. The molecule has 25 heavy (non-hydrogen) atoms. The van der Waals surface area contributed by atoms with Crippen LogP contribution in [0.2, 0.25) is 0 Å². The van der Waals surface area contributed by atoms with Gasteiger partial charge in [-0.2, -0.15) is 5.26 Å². The molecule has 0 saturated heterocycles. The number of nitrogens with two attached hydrogens (primary N) is 1. The monoisotopic (exact) mass is 337 g/mol. The molecule has 0 aliphatic rings. The molecule has 0 unspecified atom stereocenters. The lowest BCUT2D eigenvalue weighted by molar-refractivity contribution is -0.130. The van der Waals surface area contributed by atoms with E-state index in [-0.39, 0.29) is 13.0 Å². The van der Waals surface area contributed by atoms with Crippen LogP contribution in [0.3, 0.4) is 0 Å². The predicted molar refractivity (Wildman–Crippen MR) is 92.1 cm³/mol. The van der Waals surface area contributed by atoms with Gasteiger partial charge in [0.25, 0.3) is 0 Å². The lowest BCUT2D eigenvalue weighted by Gasteiger charge is -2.16. The molecule has 6 nitrogen and oxygen atoms in total. The molecular formula is C19H19N3O3. The van der Waals surface area contributed by atoms with Crippen molar-refractivity contribution in [2.75, 3.05) is 6.61 Å². The molecular weight excluding hydrogens is 318 g/mol. The number of hydrogen-bond donors (Lipinski definition) is 2. The Labute approximate surface area is 146 Å². The summed E-state index contributed by atoms with van der Waals surface area (Å²) in [5.74, 6) is -1.10. The lowest BCUT2D eigenvalue weighted by atomic mass is 10.0. The maximum absolute atomic E-state index is 12.0. The number of carbonyl (C=O) groups is 2. The van der Waals surface area contributed by atoms with Gasteiger partial charge in [-0.25, -0.2) is 0 Å². The van der Waals surface area contributed by atoms with Gasteiger partial charge in [-0.1, -0.05) is 48.5 Å². The molecule has 2 amide bonds. The number of rotatable bonds is 8. The largest absolute Gasteiger partial charge is 0.368 e. The lowest BCUT2D eigenvalue weighted by Crippen LogP contribution is -2.47. The van der Waals surface area contributed by atoms with Crippen molar-refractivity contribution in [1.29, 1.82) is 5.26 Å². The fraction of sp³-hybridized carbons (Fsp3) is 0.211. The number of carbonyl (C=O) groups excluding carboxylic acids is 2. The third-order valence-electron chi connectivity index (χ3n) is 3.59. The van der Waals surface area contributed by atoms with Gasteiger partial charge in [0.15, 0.2) is 0 Å². The van der Waals surface area contributed by atoms with E-state index in [0.29, 0.717) is 17.7 Å². The third-order valence-corrected chi connectivity index (χ3v) is 3.59. The molecule has 0 bridgehead atoms. The van der Waals surface area contributed by atoms with Gasteiger partial charge >= 0.3 is 0 Å². The first kappa shape index (κ1) is 18.2. The average Bonchev–Trinajstić information content (AvgIpc) is 2.62. The van der Waals surface area contributed by atoms with E-state index in [1.807, 2.05) is 30.3 Å². The van der Waals surface area contributed by atoms with Crippen LogP contribution in [0.5, 0.6) is 0 Å². The van der Waals surface area contributed by atoms with Gasteiger partial charge in [-0.15, -0.1) is 0 Å². The van der Waals surface area contributed by atoms with Crippen LogP contribution in [0.25, 0.3) is 0 Å². The molecule has 0 radical (unpaired) electrons. The Morgan fingerprint density at radius 2 is 1.80 bits per heavy atom. The number of benzene rings is 2. The van der Waals surface area contributed by atoms with E-state index >= 15 is 0 Å². The molecule has 0 spiro atoms. The van der Waals surface area contributed by atoms with Crippen molar-refractivity contribution >= 4 is 11.8 Å². The Kier molecular flexibility index (Phi) is 6.69. The van der Waals surface area contributed by atoms with Crippen LogP contribution < -0.4 is 11.1 Å². The van der Waals surface area contributed by atoms with Crippen molar-refractivity contribution in [3.05, 3.63) is 71.3 Å². The van der Waals surface area contributed by atoms with Gasteiger partial charge in [0, 0.05) is 6.42 Å². The number of nitrogens with one attached hydrogen (secondary N) is 1. The van der Waals surface area contributed by atoms with E-state index in [4.69, 9.17) is 15.7 Å². The Bertz CT molecular complexity index is 769. The van der Waals surface area contributed by atoms with Gasteiger partial charge in [-0.05, 0) is 17.2 Å². The minimum absolute atomic E-state index is 0.156. The molecule has 1 atom stereocenters. The zero-order valence-electron chi connectivity index (χ0n) is 13.6. The Morgan fingerprint density at radius 1 is 1.12 bits per heavy atom. The number of nitriles is 1. The van der Waals surface area contributed by atoms with Crippen molar-refractivity contribution < 1.29 is 14.3 Å². The maximum atomic E-state index is 12.0. The minimum Gasteiger partial charge on any atom is -0.368 e. The third kappa shape index (κ3) is 5.75. The van der Waals surface area contributed by atoms with E-state index in [1.54, 1.807) is 24.3 Å². The molecule has 2 rings (SSSR count). The number of nitrogens with zero attached hydrogens (tertiary/aromatic N) is 1. The van der Waals surface area contributed by atoms with E-state index in [9.17, 15) is 9.59 Å². The molecule has 0 aliphatic carbocycles. The van der Waals surface area contributed by atoms with Crippen LogP contribution in [-0.4, -0.2) is 24.5 Å². The standard InChI is InChI=1S/C19H19N3O3/c20-11-16-9-5-4-8-15(16)10-17(19(21)24)22-18(23)13-25-12-14-6-2-1-3-7-14/h1-9,17H,10,12-13H2,(H2,21,24)(H,22,23)/t17-/m0/s1. The molecule has 0 aliphatic heterocycles. The van der Waals surface area contributed by atoms with Crippen LogP contribution in [-0.2, 0) is 27.4 Å². The highest BCUT2D eigenvalue weighted by molar-refractivity contribution is 5.87. The zero-order valence-corrected chi connectivity index (χ0v) is 13.6. The van der Waals surface area contributed by atoms with Crippen LogP contribution in [0.1, 0.15) is 16.7 Å². The van der Waals surface area contributed by atoms with E-state index in [2.05, 4.69) is 11.4 Å². The number of primary amides is 1. The second kappa shape index (κ2) is 9.21. The minimum atomic E-state index is -0.901. The van der Waals surface area contributed by atoms with E-state index in [1.165, 1.54) is 0 Å². The summed E-state index contributed by atoms with van der Waals surface area (Å²) in [4.78, 5) is 23.6. The maximum Gasteiger partial charge on any atom is 0.246 e. The summed E-state index contributed by atoms with van der Waals surface area (Å²) >= 11 is 0. The Hall–Kier alpha value is -3.17. The predicted octanol–water partition coefficient (Wildman–Crippen LogP) is 1.29. The fourth-order valence-electron chi connectivity index (χ4n) is 2.32. The van der Waals surface area contributed by atoms with Crippen molar-refractivity contribution in [3.63, 3.8) is 0 Å². The van der Waals surface area contributed by atoms with Crippen LogP contribution >= 0.6 is 0 Å². The summed E-state index contributed by atoms with van der Waals surface area (Å²) in [5, 5.41) is 11.7. The molecule has 6 heteroatoms. The van der Waals surface area contributed by atoms with E-state index < -0.39 is 17.9 Å². The van der Waals surface area contributed by atoms with Gasteiger partial charge in [0.1, 0.15) is 12.6 Å². The Morgan fingerprint density at radius 3 is 2.48 bits per heavy atom. The average molecular weight is 337 g/mol. The van der Waals surface area contributed by atoms with Gasteiger partial charge in [-0.3, -0.25) is 9.59 Å². The first-order chi connectivity index (χ1) is 12.1. The van der Waals surface area contributed by atoms with Crippen molar-refractivity contribution in [2.24, 2.45) is 5.73 Å². The smallest absolute Gasteiger partial charge is 0.246 e. The summed E-state index contributed by atoms with van der Waals surface area (Å²) in [7, 11) is 0. The van der Waals surface area contributed by atoms with Gasteiger partial charge in [0.05, 0.1) is 18.2 Å². The number of amides is 2. The number of hydrogen-bond acceptors (Lipinski definition) is 4. The highest BCUT2D eigenvalue weighted by Crippen LogP contribution is 2.10. The first-order valence-electron chi connectivity index (χ1n) is 7.78. The van der Waals surface area contributed by atoms with Gasteiger partial charge < -0.3 is 15.8 Å². The van der Waals surface area contributed by atoms with Crippen LogP contribution in [0.4, 0.5) is 0 Å². The molecule has 2 aromatic carbocycles. The summed E-state index contributed by atoms with van der Waals surface area (Å²) < 4.78 is 5.34.